The summed E-state index contributed by atoms with van der Waals surface area (Å²) in [5.41, 5.74) is -1.28. The Hall–Kier alpha value is -2.99. The highest BCUT2D eigenvalue weighted by atomic mass is 19.2. The highest BCUT2D eigenvalue weighted by molar-refractivity contribution is 5.70. The summed E-state index contributed by atoms with van der Waals surface area (Å²) in [4.78, 5) is 1.12. The predicted molar refractivity (Wildman–Crippen MR) is 75.0 cm³/mol. The summed E-state index contributed by atoms with van der Waals surface area (Å²) in [7, 11) is 1.36. The Morgan fingerprint density at radius 2 is 1.45 bits per heavy atom. The average Bonchev–Trinajstić information content (AvgIpc) is 2.51. The maximum Gasteiger partial charge on any atom is 0.186 e. The van der Waals surface area contributed by atoms with E-state index in [2.05, 4.69) is 0 Å². The van der Waals surface area contributed by atoms with E-state index in [1.165, 1.54) is 19.2 Å². The van der Waals surface area contributed by atoms with Gasteiger partial charge in [0.15, 0.2) is 17.5 Å². The van der Waals surface area contributed by atoms with Gasteiger partial charge in [-0.15, -0.1) is 0 Å². The second kappa shape index (κ2) is 5.79. The molecule has 0 amide bonds. The fourth-order valence-corrected chi connectivity index (χ4v) is 2.21. The van der Waals surface area contributed by atoms with Crippen LogP contribution in [0, 0.1) is 47.0 Å². The number of nitrogens with zero attached hydrogens (tertiary/aromatic N) is 3. The molecule has 0 heterocycles. The second-order valence-corrected chi connectivity index (χ2v) is 4.61. The first-order chi connectivity index (χ1) is 10.4. The van der Waals surface area contributed by atoms with Crippen molar-refractivity contribution in [1.29, 1.82) is 10.5 Å². The normalized spacial score (nSPS) is 9.95. The van der Waals surface area contributed by atoms with Crippen LogP contribution >= 0.6 is 0 Å². The minimum atomic E-state index is -1.53. The molecule has 2 aromatic rings. The fraction of sp³-hybridized carbons (Fsp3) is 0.125. The van der Waals surface area contributed by atoms with Crippen molar-refractivity contribution in [3.05, 3.63) is 58.4 Å². The predicted octanol–water partition coefficient (Wildman–Crippen LogP) is 3.92. The fourth-order valence-electron chi connectivity index (χ4n) is 2.21. The number of halogens is 3. The summed E-state index contributed by atoms with van der Waals surface area (Å²) in [5.74, 6) is -4.29. The summed E-state index contributed by atoms with van der Waals surface area (Å²) in [5, 5.41) is 17.7. The summed E-state index contributed by atoms with van der Waals surface area (Å²) in [6.45, 7) is 1.73. The van der Waals surface area contributed by atoms with Crippen molar-refractivity contribution >= 4 is 11.4 Å². The van der Waals surface area contributed by atoms with Crippen molar-refractivity contribution in [2.24, 2.45) is 0 Å². The van der Waals surface area contributed by atoms with Crippen LogP contribution in [0.4, 0.5) is 24.5 Å². The van der Waals surface area contributed by atoms with Crippen molar-refractivity contribution in [2.45, 2.75) is 6.92 Å². The molecule has 0 spiro atoms. The summed E-state index contributed by atoms with van der Waals surface area (Å²) < 4.78 is 42.5. The van der Waals surface area contributed by atoms with Gasteiger partial charge in [0.2, 0.25) is 0 Å². The third kappa shape index (κ3) is 2.25. The van der Waals surface area contributed by atoms with Crippen LogP contribution in [0.1, 0.15) is 16.7 Å². The van der Waals surface area contributed by atoms with Crippen LogP contribution in [0.5, 0.6) is 0 Å². The molecule has 0 saturated carbocycles. The Kier molecular flexibility index (Phi) is 4.05. The number of nitriles is 2. The van der Waals surface area contributed by atoms with E-state index in [-0.39, 0.29) is 0 Å². The quantitative estimate of drug-likeness (QED) is 0.790. The van der Waals surface area contributed by atoms with Gasteiger partial charge in [0.1, 0.15) is 29.0 Å². The molecule has 0 aliphatic rings. The molecule has 0 aliphatic carbocycles. The van der Waals surface area contributed by atoms with E-state index >= 15 is 0 Å². The molecule has 0 saturated heterocycles. The minimum absolute atomic E-state index is 0.452. The molecule has 6 heteroatoms. The van der Waals surface area contributed by atoms with Crippen LogP contribution in [0.2, 0.25) is 0 Å². The largest absolute Gasteiger partial charge is 0.339 e. The van der Waals surface area contributed by atoms with Crippen LogP contribution in [-0.2, 0) is 0 Å². The lowest BCUT2D eigenvalue weighted by atomic mass is 10.0. The molecule has 0 fully saturated rings. The van der Waals surface area contributed by atoms with Gasteiger partial charge in [-0.25, -0.2) is 13.2 Å². The second-order valence-electron chi connectivity index (χ2n) is 4.61. The van der Waals surface area contributed by atoms with Gasteiger partial charge in [0.25, 0.3) is 0 Å². The molecule has 0 bridgehead atoms. The maximum absolute atomic E-state index is 14.4. The molecule has 2 rings (SSSR count). The molecule has 0 aliphatic heterocycles. The van der Waals surface area contributed by atoms with Crippen LogP contribution < -0.4 is 4.90 Å². The zero-order chi connectivity index (χ0) is 16.4. The van der Waals surface area contributed by atoms with Gasteiger partial charge >= 0.3 is 0 Å². The molecular formula is C16H10F3N3. The number of hydrogen-bond donors (Lipinski definition) is 0. The molecule has 0 radical (unpaired) electrons. The maximum atomic E-state index is 14.4. The Labute approximate surface area is 125 Å². The van der Waals surface area contributed by atoms with E-state index in [1.54, 1.807) is 31.2 Å². The summed E-state index contributed by atoms with van der Waals surface area (Å²) in [6, 6.07) is 9.48. The van der Waals surface area contributed by atoms with E-state index in [1.807, 2.05) is 0 Å². The zero-order valence-corrected chi connectivity index (χ0v) is 11.8. The lowest BCUT2D eigenvalue weighted by molar-refractivity contribution is 0.493. The molecule has 110 valence electrons. The Bertz CT molecular complexity index is 832. The van der Waals surface area contributed by atoms with Crippen molar-refractivity contribution in [3.8, 4) is 12.1 Å². The number of anilines is 2. The first-order valence-electron chi connectivity index (χ1n) is 6.24. The first-order valence-corrected chi connectivity index (χ1v) is 6.24. The van der Waals surface area contributed by atoms with Gasteiger partial charge in [-0.2, -0.15) is 10.5 Å². The molecule has 0 aromatic heterocycles. The van der Waals surface area contributed by atoms with Gasteiger partial charge < -0.3 is 4.90 Å². The molecular weight excluding hydrogens is 291 g/mol. The number of rotatable bonds is 2. The highest BCUT2D eigenvalue weighted by Gasteiger charge is 2.28. The highest BCUT2D eigenvalue weighted by Crippen LogP contribution is 2.35. The monoisotopic (exact) mass is 301 g/mol. The number of aryl methyl sites for hydroxylation is 1. The van der Waals surface area contributed by atoms with Crippen molar-refractivity contribution < 1.29 is 13.2 Å². The summed E-state index contributed by atoms with van der Waals surface area (Å²) in [6.07, 6.45) is 0. The van der Waals surface area contributed by atoms with E-state index < -0.39 is 34.3 Å². The van der Waals surface area contributed by atoms with Crippen molar-refractivity contribution in [1.82, 2.24) is 0 Å². The van der Waals surface area contributed by atoms with E-state index in [0.29, 0.717) is 11.3 Å². The van der Waals surface area contributed by atoms with E-state index in [4.69, 9.17) is 10.5 Å². The van der Waals surface area contributed by atoms with Gasteiger partial charge in [-0.3, -0.25) is 0 Å². The van der Waals surface area contributed by atoms with Gasteiger partial charge in [-0.05, 0) is 18.6 Å². The first kappa shape index (κ1) is 15.4. The molecule has 0 unspecified atom stereocenters. The Morgan fingerprint density at radius 1 is 0.909 bits per heavy atom. The van der Waals surface area contributed by atoms with Crippen molar-refractivity contribution in [2.75, 3.05) is 11.9 Å². The Balaban J connectivity index is 2.78. The number of hydrogen-bond acceptors (Lipinski definition) is 3. The van der Waals surface area contributed by atoms with Gasteiger partial charge in [0, 0.05) is 12.7 Å². The van der Waals surface area contributed by atoms with E-state index in [9.17, 15) is 13.2 Å². The molecule has 3 nitrogen and oxygen atoms in total. The number of benzene rings is 2. The van der Waals surface area contributed by atoms with Crippen LogP contribution in [0.3, 0.4) is 0 Å². The molecule has 2 aromatic carbocycles. The summed E-state index contributed by atoms with van der Waals surface area (Å²) >= 11 is 0. The van der Waals surface area contributed by atoms with Crippen LogP contribution in [0.25, 0.3) is 0 Å². The third-order valence-electron chi connectivity index (χ3n) is 3.33. The zero-order valence-electron chi connectivity index (χ0n) is 11.8. The third-order valence-corrected chi connectivity index (χ3v) is 3.33. The van der Waals surface area contributed by atoms with Crippen LogP contribution in [-0.4, -0.2) is 7.05 Å². The van der Waals surface area contributed by atoms with Crippen LogP contribution in [0.15, 0.2) is 24.3 Å². The number of para-hydroxylation sites is 1. The SMILES string of the molecule is Cc1ccccc1N(C)c1c(F)c(F)c(C#N)c(C#N)c1F. The smallest absolute Gasteiger partial charge is 0.186 e. The Morgan fingerprint density at radius 3 is 2.00 bits per heavy atom. The van der Waals surface area contributed by atoms with Gasteiger partial charge in [-0.1, -0.05) is 18.2 Å². The minimum Gasteiger partial charge on any atom is -0.339 e. The standard InChI is InChI=1S/C16H10F3N3/c1-9-5-3-4-6-12(9)22(2)16-14(18)11(8-21)10(7-20)13(17)15(16)19/h3-6H,1-2H3. The van der Waals surface area contributed by atoms with Gasteiger partial charge in [0.05, 0.1) is 0 Å². The molecule has 0 N–H and O–H groups in total. The molecule has 0 atom stereocenters. The lowest BCUT2D eigenvalue weighted by Crippen LogP contribution is -2.17. The van der Waals surface area contributed by atoms with Crippen molar-refractivity contribution in [3.63, 3.8) is 0 Å². The topological polar surface area (TPSA) is 50.8 Å². The average molecular weight is 301 g/mol. The van der Waals surface area contributed by atoms with E-state index in [0.717, 1.165) is 4.90 Å². The molecule has 22 heavy (non-hydrogen) atoms. The lowest BCUT2D eigenvalue weighted by Gasteiger charge is -2.23.